The molecule has 134 valence electrons. The average Bonchev–Trinajstić information content (AvgIpc) is 2.57. The number of ketones is 1. The molecule has 2 heteroatoms. The molecule has 1 aromatic carbocycles. The predicted octanol–water partition coefficient (Wildman–Crippen LogP) is 4.99. The number of Topliss-reactive ketones (excluding diaryl/α,β-unsaturated/α-hetero) is 1. The van der Waals surface area contributed by atoms with E-state index >= 15 is 0 Å². The zero-order chi connectivity index (χ0) is 17.6. The summed E-state index contributed by atoms with van der Waals surface area (Å²) in [5.41, 5.74) is 3.79. The molecule has 0 unspecified atom stereocenters. The van der Waals surface area contributed by atoms with Gasteiger partial charge in [-0.3, -0.25) is 4.79 Å². The van der Waals surface area contributed by atoms with Gasteiger partial charge >= 0.3 is 0 Å². The molecule has 1 saturated heterocycles. The van der Waals surface area contributed by atoms with Crippen molar-refractivity contribution in [2.24, 2.45) is 0 Å². The van der Waals surface area contributed by atoms with Crippen LogP contribution in [0.3, 0.4) is 0 Å². The fraction of sp³-hybridized carbons (Fsp3) is 0.682. The van der Waals surface area contributed by atoms with Crippen LogP contribution in [0.4, 0.5) is 0 Å². The highest BCUT2D eigenvalue weighted by atomic mass is 16.1. The van der Waals surface area contributed by atoms with Gasteiger partial charge in [0.2, 0.25) is 0 Å². The van der Waals surface area contributed by atoms with Crippen LogP contribution >= 0.6 is 0 Å². The van der Waals surface area contributed by atoms with Gasteiger partial charge in [0, 0.05) is 12.8 Å². The Morgan fingerprint density at radius 1 is 1.04 bits per heavy atom. The normalized spacial score (nSPS) is 18.3. The molecule has 24 heavy (non-hydrogen) atoms. The molecule has 1 atom stereocenters. The molecule has 0 aromatic heterocycles. The number of piperidine rings is 1. The highest BCUT2D eigenvalue weighted by molar-refractivity contribution is 5.85. The zero-order valence-corrected chi connectivity index (χ0v) is 16.2. The van der Waals surface area contributed by atoms with E-state index in [0.717, 1.165) is 17.3 Å². The fourth-order valence-corrected chi connectivity index (χ4v) is 4.71. The first kappa shape index (κ1) is 19.2. The number of aryl methyl sites for hydroxylation is 2. The maximum absolute atomic E-state index is 13.4. The van der Waals surface area contributed by atoms with E-state index in [1.165, 1.54) is 62.0 Å². The number of carbonyl (C=O) groups is 1. The first-order chi connectivity index (χ1) is 11.5. The first-order valence-electron chi connectivity index (χ1n) is 9.97. The lowest BCUT2D eigenvalue weighted by atomic mass is 9.90. The van der Waals surface area contributed by atoms with Gasteiger partial charge < -0.3 is 4.48 Å². The maximum Gasteiger partial charge on any atom is 0.194 e. The smallest absolute Gasteiger partial charge is 0.194 e. The van der Waals surface area contributed by atoms with E-state index in [-0.39, 0.29) is 6.04 Å². The Morgan fingerprint density at radius 3 is 2.21 bits per heavy atom. The molecule has 0 radical (unpaired) electrons. The van der Waals surface area contributed by atoms with Gasteiger partial charge in [0.1, 0.15) is 6.04 Å². The van der Waals surface area contributed by atoms with Crippen LogP contribution in [0.1, 0.15) is 69.1 Å². The quantitative estimate of drug-likeness (QED) is 0.613. The first-order valence-corrected chi connectivity index (χ1v) is 9.97. The molecule has 0 saturated carbocycles. The van der Waals surface area contributed by atoms with Crippen LogP contribution in [0.25, 0.3) is 0 Å². The molecule has 0 amide bonds. The van der Waals surface area contributed by atoms with Crippen molar-refractivity contribution in [1.29, 1.82) is 0 Å². The summed E-state index contributed by atoms with van der Waals surface area (Å²) >= 11 is 0. The van der Waals surface area contributed by atoms with Crippen molar-refractivity contribution in [3.05, 3.63) is 34.9 Å². The van der Waals surface area contributed by atoms with E-state index in [4.69, 9.17) is 0 Å². The predicted molar refractivity (Wildman–Crippen MR) is 102 cm³/mol. The summed E-state index contributed by atoms with van der Waals surface area (Å²) in [6.45, 7) is 12.4. The lowest BCUT2D eigenvalue weighted by Crippen LogP contribution is -2.61. The number of carbonyl (C=O) groups excluding carboxylic acids is 1. The Kier molecular flexibility index (Phi) is 7.03. The number of hydrogen-bond donors (Lipinski definition) is 0. The Labute approximate surface area is 148 Å². The van der Waals surface area contributed by atoms with E-state index in [1.54, 1.807) is 0 Å². The van der Waals surface area contributed by atoms with Crippen LogP contribution in [-0.4, -0.2) is 35.9 Å². The van der Waals surface area contributed by atoms with Crippen LogP contribution in [0, 0.1) is 13.8 Å². The van der Waals surface area contributed by atoms with Crippen molar-refractivity contribution in [1.82, 2.24) is 0 Å². The van der Waals surface area contributed by atoms with E-state index in [1.807, 2.05) is 0 Å². The lowest BCUT2D eigenvalue weighted by Gasteiger charge is -2.47. The number of nitrogens with zero attached hydrogens (tertiary/aromatic N) is 1. The summed E-state index contributed by atoms with van der Waals surface area (Å²) in [5, 5.41) is 0. The molecule has 0 bridgehead atoms. The average molecular weight is 331 g/mol. The minimum Gasteiger partial charge on any atom is -0.315 e. The standard InChI is InChI=1S/C22H36NO/c1-5-11-21(23(14-6-2)15-8-7-9-16-23)22(24)17-20-18(3)12-10-13-19(20)4/h10,12-13,21H,5-9,11,14-17H2,1-4H3/q+1/t21-/m0/s1. The molecule has 0 spiro atoms. The van der Waals surface area contributed by atoms with Gasteiger partial charge in [0.05, 0.1) is 19.6 Å². The zero-order valence-electron chi connectivity index (χ0n) is 16.2. The molecule has 2 rings (SSSR count). The third-order valence-electron chi connectivity index (χ3n) is 5.97. The van der Waals surface area contributed by atoms with Crippen molar-refractivity contribution in [3.8, 4) is 0 Å². The molecule has 1 fully saturated rings. The monoisotopic (exact) mass is 330 g/mol. The van der Waals surface area contributed by atoms with E-state index in [0.29, 0.717) is 12.2 Å². The van der Waals surface area contributed by atoms with Crippen LogP contribution in [-0.2, 0) is 11.2 Å². The highest BCUT2D eigenvalue weighted by Crippen LogP contribution is 2.28. The van der Waals surface area contributed by atoms with Crippen LogP contribution in [0.15, 0.2) is 18.2 Å². The summed E-state index contributed by atoms with van der Waals surface area (Å²) in [6, 6.07) is 6.58. The Balaban J connectivity index is 2.26. The van der Waals surface area contributed by atoms with Crippen molar-refractivity contribution >= 4 is 5.78 Å². The number of quaternary nitrogens is 1. The van der Waals surface area contributed by atoms with Gasteiger partial charge in [-0.2, -0.15) is 0 Å². The number of hydrogen-bond acceptors (Lipinski definition) is 1. The van der Waals surface area contributed by atoms with Gasteiger partial charge in [-0.25, -0.2) is 0 Å². The summed E-state index contributed by atoms with van der Waals surface area (Å²) in [4.78, 5) is 13.4. The molecule has 1 aromatic rings. The number of benzene rings is 1. The molecule has 1 heterocycles. The second-order valence-corrected chi connectivity index (χ2v) is 7.77. The molecular weight excluding hydrogens is 294 g/mol. The Morgan fingerprint density at radius 2 is 1.67 bits per heavy atom. The van der Waals surface area contributed by atoms with Gasteiger partial charge in [0.25, 0.3) is 0 Å². The third-order valence-corrected chi connectivity index (χ3v) is 5.97. The molecule has 1 aliphatic rings. The summed E-state index contributed by atoms with van der Waals surface area (Å²) < 4.78 is 1.06. The topological polar surface area (TPSA) is 17.1 Å². The van der Waals surface area contributed by atoms with Crippen molar-refractivity contribution < 1.29 is 9.28 Å². The van der Waals surface area contributed by atoms with Gasteiger partial charge in [-0.05, 0) is 56.2 Å². The van der Waals surface area contributed by atoms with Crippen LogP contribution < -0.4 is 0 Å². The second-order valence-electron chi connectivity index (χ2n) is 7.77. The highest BCUT2D eigenvalue weighted by Gasteiger charge is 2.41. The summed E-state index contributed by atoms with van der Waals surface area (Å²) in [7, 11) is 0. The van der Waals surface area contributed by atoms with E-state index in [9.17, 15) is 4.79 Å². The lowest BCUT2D eigenvalue weighted by molar-refractivity contribution is -0.947. The minimum absolute atomic E-state index is 0.203. The Hall–Kier alpha value is -1.15. The molecule has 0 N–H and O–H groups in total. The molecule has 0 aliphatic carbocycles. The van der Waals surface area contributed by atoms with Gasteiger partial charge in [-0.15, -0.1) is 0 Å². The van der Waals surface area contributed by atoms with Crippen LogP contribution in [0.5, 0.6) is 0 Å². The molecule has 2 nitrogen and oxygen atoms in total. The minimum atomic E-state index is 0.203. The van der Waals surface area contributed by atoms with E-state index < -0.39 is 0 Å². The summed E-state index contributed by atoms with van der Waals surface area (Å²) in [6.07, 6.45) is 7.86. The van der Waals surface area contributed by atoms with Crippen molar-refractivity contribution in [3.63, 3.8) is 0 Å². The van der Waals surface area contributed by atoms with Gasteiger partial charge in [0.15, 0.2) is 5.78 Å². The molecular formula is C22H36NO+. The van der Waals surface area contributed by atoms with Crippen molar-refractivity contribution in [2.75, 3.05) is 19.6 Å². The van der Waals surface area contributed by atoms with Crippen molar-refractivity contribution in [2.45, 2.75) is 78.7 Å². The molecule has 1 aliphatic heterocycles. The SMILES string of the molecule is CCC[C@@H](C(=O)Cc1c(C)cccc1C)[N+]1(CCC)CCCCC1. The fourth-order valence-electron chi connectivity index (χ4n) is 4.71. The largest absolute Gasteiger partial charge is 0.315 e. The van der Waals surface area contributed by atoms with Crippen LogP contribution in [0.2, 0.25) is 0 Å². The number of rotatable bonds is 8. The third kappa shape index (κ3) is 4.27. The number of likely N-dealkylation sites (tertiary alicyclic amines) is 1. The van der Waals surface area contributed by atoms with E-state index in [2.05, 4.69) is 45.9 Å². The second kappa shape index (κ2) is 8.80. The van der Waals surface area contributed by atoms with Gasteiger partial charge in [-0.1, -0.05) is 38.5 Å². The summed E-state index contributed by atoms with van der Waals surface area (Å²) in [5.74, 6) is 0.476. The maximum atomic E-state index is 13.4. The Bertz CT molecular complexity index is 517.